The van der Waals surface area contributed by atoms with Crippen molar-refractivity contribution in [1.82, 2.24) is 16.0 Å². The molecule has 2 aromatic rings. The number of anilines is 1. The average molecular weight is 537 g/mol. The minimum Gasteiger partial charge on any atom is -0.475 e. The van der Waals surface area contributed by atoms with Crippen molar-refractivity contribution in [3.05, 3.63) is 65.7 Å². The number of benzene rings is 2. The van der Waals surface area contributed by atoms with Crippen LogP contribution in [0.4, 0.5) is 18.9 Å². The normalized spacial score (nSPS) is 15.1. The number of carboxylic acids is 1. The van der Waals surface area contributed by atoms with Crippen LogP contribution < -0.4 is 21.3 Å². The third-order valence-corrected chi connectivity index (χ3v) is 5.61. The van der Waals surface area contributed by atoms with E-state index in [9.17, 15) is 27.6 Å². The Morgan fingerprint density at radius 1 is 1.00 bits per heavy atom. The lowest BCUT2D eigenvalue weighted by molar-refractivity contribution is -0.192. The molecule has 0 saturated heterocycles. The van der Waals surface area contributed by atoms with Crippen molar-refractivity contribution < 1.29 is 37.5 Å². The summed E-state index contributed by atoms with van der Waals surface area (Å²) in [5.74, 6) is -3.25. The van der Waals surface area contributed by atoms with E-state index < -0.39 is 18.2 Å². The van der Waals surface area contributed by atoms with Crippen LogP contribution in [0.2, 0.25) is 0 Å². The first-order valence-corrected chi connectivity index (χ1v) is 12.0. The van der Waals surface area contributed by atoms with Crippen molar-refractivity contribution in [3.63, 3.8) is 0 Å². The fraction of sp³-hybridized carbons (Fsp3) is 0.385. The second kappa shape index (κ2) is 14.7. The van der Waals surface area contributed by atoms with Crippen LogP contribution in [-0.4, -0.2) is 53.6 Å². The Morgan fingerprint density at radius 2 is 1.61 bits per heavy atom. The van der Waals surface area contributed by atoms with Gasteiger partial charge in [0.15, 0.2) is 0 Å². The molecule has 2 atom stereocenters. The van der Waals surface area contributed by atoms with Gasteiger partial charge in [0.25, 0.3) is 0 Å². The first-order chi connectivity index (χ1) is 18.0. The van der Waals surface area contributed by atoms with Gasteiger partial charge in [-0.05, 0) is 48.9 Å². The molecule has 12 heteroatoms. The Balaban J connectivity index is 0.000000638. The Hall–Kier alpha value is -3.93. The summed E-state index contributed by atoms with van der Waals surface area (Å²) in [6.07, 6.45) is -2.56. The van der Waals surface area contributed by atoms with Gasteiger partial charge in [0.2, 0.25) is 17.7 Å². The van der Waals surface area contributed by atoms with E-state index in [0.717, 1.165) is 12.0 Å². The van der Waals surface area contributed by atoms with Crippen molar-refractivity contribution in [3.8, 4) is 0 Å². The molecule has 0 spiro atoms. The third-order valence-electron chi connectivity index (χ3n) is 5.61. The number of unbranched alkanes of at least 4 members (excludes halogenated alkanes) is 1. The van der Waals surface area contributed by atoms with Gasteiger partial charge in [0.1, 0.15) is 6.04 Å². The maximum Gasteiger partial charge on any atom is 0.490 e. The number of halogens is 3. The predicted octanol–water partition coefficient (Wildman–Crippen LogP) is 2.76. The second-order valence-corrected chi connectivity index (χ2v) is 8.60. The quantitative estimate of drug-likeness (QED) is 0.313. The number of carbonyl (C=O) groups excluding carboxylic acids is 3. The van der Waals surface area contributed by atoms with Gasteiger partial charge >= 0.3 is 12.1 Å². The fourth-order valence-corrected chi connectivity index (χ4v) is 3.67. The second-order valence-electron chi connectivity index (χ2n) is 8.60. The van der Waals surface area contributed by atoms with Crippen molar-refractivity contribution >= 4 is 29.4 Å². The van der Waals surface area contributed by atoms with Crippen LogP contribution in [0.1, 0.15) is 37.3 Å². The number of hydrogen-bond acceptors (Lipinski definition) is 5. The summed E-state index contributed by atoms with van der Waals surface area (Å²) >= 11 is 0. The zero-order chi connectivity index (χ0) is 28.1. The lowest BCUT2D eigenvalue weighted by atomic mass is 9.95. The highest BCUT2D eigenvalue weighted by atomic mass is 19.4. The number of aliphatic carboxylic acids is 1. The van der Waals surface area contributed by atoms with Crippen molar-refractivity contribution in [1.29, 1.82) is 0 Å². The SMILES string of the molecule is CC(=O)NCCCC[C@H](NC(=O)C1Cc2ccccc2CN1)C(=O)Nc1ccccc1.O=C(O)C(F)(F)F. The number of nitrogens with one attached hydrogen (secondary N) is 4. The molecule has 38 heavy (non-hydrogen) atoms. The molecule has 1 aliphatic heterocycles. The Kier molecular flexibility index (Phi) is 11.7. The highest BCUT2D eigenvalue weighted by Crippen LogP contribution is 2.17. The van der Waals surface area contributed by atoms with Gasteiger partial charge in [-0.2, -0.15) is 13.2 Å². The van der Waals surface area contributed by atoms with Crippen molar-refractivity contribution in [2.45, 2.75) is 57.4 Å². The van der Waals surface area contributed by atoms with Gasteiger partial charge < -0.3 is 26.4 Å². The summed E-state index contributed by atoms with van der Waals surface area (Å²) in [7, 11) is 0. The maximum absolute atomic E-state index is 12.9. The number of amides is 3. The number of carboxylic acid groups (broad SMARTS) is 1. The number of hydrogen-bond donors (Lipinski definition) is 5. The largest absolute Gasteiger partial charge is 0.490 e. The van der Waals surface area contributed by atoms with Crippen LogP contribution in [0.15, 0.2) is 54.6 Å². The monoisotopic (exact) mass is 536 g/mol. The molecule has 0 radical (unpaired) electrons. The van der Waals surface area contributed by atoms with Gasteiger partial charge in [-0.1, -0.05) is 42.5 Å². The molecule has 1 unspecified atom stereocenters. The van der Waals surface area contributed by atoms with E-state index in [1.165, 1.54) is 12.5 Å². The van der Waals surface area contributed by atoms with E-state index >= 15 is 0 Å². The Labute approximate surface area is 218 Å². The minimum absolute atomic E-state index is 0.0738. The molecule has 5 N–H and O–H groups in total. The van der Waals surface area contributed by atoms with Gasteiger partial charge in [0.05, 0.1) is 6.04 Å². The molecule has 3 amide bonds. The topological polar surface area (TPSA) is 137 Å². The maximum atomic E-state index is 12.9. The van der Waals surface area contributed by atoms with Crippen LogP contribution in [0.5, 0.6) is 0 Å². The molecule has 9 nitrogen and oxygen atoms in total. The number of alkyl halides is 3. The fourth-order valence-electron chi connectivity index (χ4n) is 3.67. The molecule has 0 saturated carbocycles. The van der Waals surface area contributed by atoms with Crippen LogP contribution >= 0.6 is 0 Å². The van der Waals surface area contributed by atoms with E-state index in [4.69, 9.17) is 9.90 Å². The van der Waals surface area contributed by atoms with Gasteiger partial charge in [-0.15, -0.1) is 0 Å². The molecule has 0 aliphatic carbocycles. The Morgan fingerprint density at radius 3 is 2.21 bits per heavy atom. The summed E-state index contributed by atoms with van der Waals surface area (Å²) in [5, 5.41) is 19.0. The van der Waals surface area contributed by atoms with Gasteiger partial charge in [-0.3, -0.25) is 14.4 Å². The zero-order valence-corrected chi connectivity index (χ0v) is 20.8. The summed E-state index contributed by atoms with van der Waals surface area (Å²) in [6, 6.07) is 16.2. The number of carbonyl (C=O) groups is 4. The minimum atomic E-state index is -5.08. The smallest absolute Gasteiger partial charge is 0.475 e. The highest BCUT2D eigenvalue weighted by molar-refractivity contribution is 5.97. The number of rotatable bonds is 9. The average Bonchev–Trinajstić information content (AvgIpc) is 2.87. The summed E-state index contributed by atoms with van der Waals surface area (Å²) in [4.78, 5) is 45.7. The predicted molar refractivity (Wildman–Crippen MR) is 134 cm³/mol. The van der Waals surface area contributed by atoms with Crippen LogP contribution in [0, 0.1) is 0 Å². The standard InChI is InChI=1S/C24H30N4O3.C2HF3O2/c1-17(29)25-14-8-7-13-21(23(30)27-20-11-3-2-4-12-20)28-24(31)22-15-18-9-5-6-10-19(18)16-26-22;3-2(4,5)1(6)7/h2-6,9-12,21-22,26H,7-8,13-16H2,1H3,(H,25,29)(H,27,30)(H,28,31);(H,6,7)/t21-,22?;/m0./s1. The van der Waals surface area contributed by atoms with E-state index in [-0.39, 0.29) is 23.8 Å². The molecule has 0 aromatic heterocycles. The van der Waals surface area contributed by atoms with Crippen LogP contribution in [0.25, 0.3) is 0 Å². The molecule has 3 rings (SSSR count). The summed E-state index contributed by atoms with van der Waals surface area (Å²) in [6.45, 7) is 2.66. The molecule has 1 heterocycles. The molecule has 1 aliphatic rings. The van der Waals surface area contributed by atoms with Crippen LogP contribution in [-0.2, 0) is 32.1 Å². The van der Waals surface area contributed by atoms with Crippen molar-refractivity contribution in [2.24, 2.45) is 0 Å². The molecule has 0 bridgehead atoms. The summed E-state index contributed by atoms with van der Waals surface area (Å²) < 4.78 is 31.7. The van der Waals surface area contributed by atoms with Gasteiger partial charge in [-0.25, -0.2) is 4.79 Å². The number of para-hydroxylation sites is 1. The van der Waals surface area contributed by atoms with E-state index in [2.05, 4.69) is 27.3 Å². The highest BCUT2D eigenvalue weighted by Gasteiger charge is 2.38. The van der Waals surface area contributed by atoms with Gasteiger partial charge in [0, 0.05) is 25.7 Å². The van der Waals surface area contributed by atoms with E-state index in [1.807, 2.05) is 48.5 Å². The molecular weight excluding hydrogens is 505 g/mol. The van der Waals surface area contributed by atoms with E-state index in [1.54, 1.807) is 0 Å². The molecule has 206 valence electrons. The number of fused-ring (bicyclic) bond motifs is 1. The molecular formula is C26H31F3N4O5. The van der Waals surface area contributed by atoms with Crippen molar-refractivity contribution in [2.75, 3.05) is 11.9 Å². The Bertz CT molecular complexity index is 1100. The third kappa shape index (κ3) is 10.6. The molecule has 0 fully saturated rings. The van der Waals surface area contributed by atoms with E-state index in [0.29, 0.717) is 38.0 Å². The zero-order valence-electron chi connectivity index (χ0n) is 20.8. The summed E-state index contributed by atoms with van der Waals surface area (Å²) in [5.41, 5.74) is 3.04. The lowest BCUT2D eigenvalue weighted by Gasteiger charge is -2.27. The molecule has 2 aromatic carbocycles. The lowest BCUT2D eigenvalue weighted by Crippen LogP contribution is -2.53. The first-order valence-electron chi connectivity index (χ1n) is 12.0. The van der Waals surface area contributed by atoms with Crippen LogP contribution in [0.3, 0.4) is 0 Å². The first kappa shape index (κ1) is 30.3.